The molecule has 0 aliphatic heterocycles. The molecular weight excluding hydrogens is 306 g/mol. The van der Waals surface area contributed by atoms with E-state index in [0.29, 0.717) is 6.61 Å². The van der Waals surface area contributed by atoms with Crippen LogP contribution in [0.4, 0.5) is 4.79 Å². The molecule has 126 valence electrons. The molecule has 2 rings (SSSR count). The van der Waals surface area contributed by atoms with Crippen molar-refractivity contribution in [1.82, 2.24) is 5.43 Å². The van der Waals surface area contributed by atoms with E-state index in [1.54, 1.807) is 7.11 Å². The number of benzene rings is 2. The highest BCUT2D eigenvalue weighted by atomic mass is 16.5. The number of amides is 2. The van der Waals surface area contributed by atoms with Gasteiger partial charge in [-0.25, -0.2) is 10.2 Å². The highest BCUT2D eigenvalue weighted by Crippen LogP contribution is 2.22. The van der Waals surface area contributed by atoms with E-state index in [9.17, 15) is 4.79 Å². The fourth-order valence-electron chi connectivity index (χ4n) is 2.14. The molecule has 6 nitrogen and oxygen atoms in total. The van der Waals surface area contributed by atoms with Gasteiger partial charge in [-0.15, -0.1) is 0 Å². The Morgan fingerprint density at radius 3 is 2.62 bits per heavy atom. The Morgan fingerprint density at radius 2 is 2.00 bits per heavy atom. The third kappa shape index (κ3) is 5.01. The number of hydrazone groups is 1. The highest BCUT2D eigenvalue weighted by Gasteiger charge is 2.05. The number of primary amides is 1. The summed E-state index contributed by atoms with van der Waals surface area (Å²) >= 11 is 0. The summed E-state index contributed by atoms with van der Waals surface area (Å²) in [5.74, 6) is 1.52. The van der Waals surface area contributed by atoms with Gasteiger partial charge in [0.2, 0.25) is 0 Å². The molecule has 3 N–H and O–H groups in total. The molecule has 0 spiro atoms. The first kappa shape index (κ1) is 17.3. The number of carbonyl (C=O) groups is 1. The number of hydrogen-bond acceptors (Lipinski definition) is 4. The lowest BCUT2D eigenvalue weighted by Gasteiger charge is -2.11. The lowest BCUT2D eigenvalue weighted by molar-refractivity contribution is 0.249. The van der Waals surface area contributed by atoms with Crippen LogP contribution in [0.5, 0.6) is 11.5 Å². The molecule has 0 aliphatic rings. The quantitative estimate of drug-likeness (QED) is 0.605. The highest BCUT2D eigenvalue weighted by molar-refractivity contribution is 5.82. The van der Waals surface area contributed by atoms with E-state index < -0.39 is 6.03 Å². The third-order valence-electron chi connectivity index (χ3n) is 3.42. The number of ether oxygens (including phenoxy) is 2. The Morgan fingerprint density at radius 1 is 1.25 bits per heavy atom. The second-order valence-corrected chi connectivity index (χ2v) is 5.09. The van der Waals surface area contributed by atoms with E-state index in [0.717, 1.165) is 29.0 Å². The Balaban J connectivity index is 2.08. The van der Waals surface area contributed by atoms with Crippen LogP contribution >= 0.6 is 0 Å². The number of nitrogens with two attached hydrogens (primary N) is 1. The number of hydrogen-bond donors (Lipinski definition) is 2. The predicted molar refractivity (Wildman–Crippen MR) is 93.5 cm³/mol. The monoisotopic (exact) mass is 327 g/mol. The minimum absolute atomic E-state index is 0.361. The van der Waals surface area contributed by atoms with Gasteiger partial charge in [-0.05, 0) is 47.9 Å². The number of aryl methyl sites for hydroxylation is 1. The molecule has 0 aliphatic carbocycles. The average Bonchev–Trinajstić information content (AvgIpc) is 2.60. The molecule has 24 heavy (non-hydrogen) atoms. The van der Waals surface area contributed by atoms with Crippen LogP contribution in [-0.2, 0) is 13.0 Å². The molecule has 0 aromatic heterocycles. The normalized spacial score (nSPS) is 10.6. The molecule has 0 atom stereocenters. The van der Waals surface area contributed by atoms with E-state index in [4.69, 9.17) is 15.2 Å². The zero-order valence-electron chi connectivity index (χ0n) is 13.8. The number of methoxy groups -OCH3 is 1. The molecule has 2 aromatic rings. The van der Waals surface area contributed by atoms with Crippen LogP contribution in [0.25, 0.3) is 0 Å². The molecule has 0 saturated carbocycles. The van der Waals surface area contributed by atoms with E-state index >= 15 is 0 Å². The molecule has 2 aromatic carbocycles. The smallest absolute Gasteiger partial charge is 0.332 e. The molecular formula is C18H21N3O3. The van der Waals surface area contributed by atoms with Crippen LogP contribution in [0.2, 0.25) is 0 Å². The third-order valence-corrected chi connectivity index (χ3v) is 3.42. The van der Waals surface area contributed by atoms with Gasteiger partial charge in [-0.3, -0.25) is 0 Å². The fourth-order valence-corrected chi connectivity index (χ4v) is 2.14. The lowest BCUT2D eigenvalue weighted by Crippen LogP contribution is -2.24. The summed E-state index contributed by atoms with van der Waals surface area (Å²) < 4.78 is 11.2. The number of urea groups is 1. The van der Waals surface area contributed by atoms with Gasteiger partial charge >= 0.3 is 6.03 Å². The lowest BCUT2D eigenvalue weighted by atomic mass is 10.1. The number of nitrogens with zero attached hydrogens (tertiary/aromatic N) is 1. The largest absolute Gasteiger partial charge is 0.496 e. The Hall–Kier alpha value is -3.02. The second kappa shape index (κ2) is 8.57. The summed E-state index contributed by atoms with van der Waals surface area (Å²) in [6.45, 7) is 2.47. The van der Waals surface area contributed by atoms with Crippen LogP contribution in [0.1, 0.15) is 23.6 Å². The Labute approximate surface area is 141 Å². The summed E-state index contributed by atoms with van der Waals surface area (Å²) in [6.07, 6.45) is 2.50. The maximum Gasteiger partial charge on any atom is 0.332 e. The number of rotatable bonds is 7. The zero-order chi connectivity index (χ0) is 17.4. The summed E-state index contributed by atoms with van der Waals surface area (Å²) in [6, 6.07) is 12.8. The van der Waals surface area contributed by atoms with Crippen molar-refractivity contribution in [1.29, 1.82) is 0 Å². The first-order valence-corrected chi connectivity index (χ1v) is 7.59. The van der Waals surface area contributed by atoms with Crippen molar-refractivity contribution in [2.45, 2.75) is 20.0 Å². The van der Waals surface area contributed by atoms with Crippen molar-refractivity contribution in [3.8, 4) is 11.5 Å². The van der Waals surface area contributed by atoms with Crippen molar-refractivity contribution in [3.05, 3.63) is 59.2 Å². The maximum absolute atomic E-state index is 10.6. The molecule has 2 amide bonds. The summed E-state index contributed by atoms with van der Waals surface area (Å²) in [4.78, 5) is 10.6. The van der Waals surface area contributed by atoms with Crippen molar-refractivity contribution in [3.63, 3.8) is 0 Å². The molecule has 0 heterocycles. The van der Waals surface area contributed by atoms with Crippen LogP contribution in [0.15, 0.2) is 47.6 Å². The Kier molecular flexibility index (Phi) is 6.19. The topological polar surface area (TPSA) is 85.9 Å². The van der Waals surface area contributed by atoms with Crippen molar-refractivity contribution >= 4 is 12.2 Å². The maximum atomic E-state index is 10.6. The first-order valence-electron chi connectivity index (χ1n) is 7.59. The van der Waals surface area contributed by atoms with E-state index in [1.165, 1.54) is 11.8 Å². The molecule has 6 heteroatoms. The molecule has 0 radical (unpaired) electrons. The molecule has 0 bridgehead atoms. The summed E-state index contributed by atoms with van der Waals surface area (Å²) in [5, 5.41) is 3.74. The van der Waals surface area contributed by atoms with Gasteiger partial charge in [0.1, 0.15) is 18.1 Å². The molecule has 0 saturated heterocycles. The van der Waals surface area contributed by atoms with E-state index in [1.807, 2.05) is 42.5 Å². The summed E-state index contributed by atoms with van der Waals surface area (Å²) in [5.41, 5.74) is 10.1. The molecule has 0 fully saturated rings. The zero-order valence-corrected chi connectivity index (χ0v) is 13.8. The average molecular weight is 327 g/mol. The number of nitrogens with one attached hydrogen (secondary N) is 1. The first-order chi connectivity index (χ1) is 11.6. The Bertz CT molecular complexity index is 712. The molecule has 0 unspecified atom stereocenters. The van der Waals surface area contributed by atoms with Crippen LogP contribution < -0.4 is 20.6 Å². The van der Waals surface area contributed by atoms with Crippen LogP contribution in [-0.4, -0.2) is 19.4 Å². The number of carbonyl (C=O) groups excluding carboxylic acids is 1. The SMILES string of the molecule is CCc1ccc(OCc2cc(C=NNC(N)=O)ccc2OC)cc1. The van der Waals surface area contributed by atoms with E-state index in [2.05, 4.69) is 17.5 Å². The van der Waals surface area contributed by atoms with Crippen molar-refractivity contribution in [2.24, 2.45) is 10.8 Å². The van der Waals surface area contributed by atoms with Crippen LogP contribution in [0, 0.1) is 0 Å². The minimum atomic E-state index is -0.709. The van der Waals surface area contributed by atoms with Gasteiger partial charge in [-0.1, -0.05) is 19.1 Å². The van der Waals surface area contributed by atoms with E-state index in [-0.39, 0.29) is 0 Å². The standard InChI is InChI=1S/C18H21N3O3/c1-3-13-4-7-16(8-5-13)24-12-15-10-14(6-9-17(15)23-2)11-20-21-18(19)22/h4-11H,3,12H2,1-2H3,(H3,19,21,22). The summed E-state index contributed by atoms with van der Waals surface area (Å²) in [7, 11) is 1.61. The van der Waals surface area contributed by atoms with Gasteiger partial charge in [0.15, 0.2) is 0 Å². The van der Waals surface area contributed by atoms with Crippen LogP contribution in [0.3, 0.4) is 0 Å². The minimum Gasteiger partial charge on any atom is -0.496 e. The van der Waals surface area contributed by atoms with Gasteiger partial charge in [0.05, 0.1) is 13.3 Å². The fraction of sp³-hybridized carbons (Fsp3) is 0.222. The van der Waals surface area contributed by atoms with Gasteiger partial charge < -0.3 is 15.2 Å². The van der Waals surface area contributed by atoms with Crippen molar-refractivity contribution < 1.29 is 14.3 Å². The van der Waals surface area contributed by atoms with Gasteiger partial charge in [0.25, 0.3) is 0 Å². The van der Waals surface area contributed by atoms with Gasteiger partial charge in [0, 0.05) is 5.56 Å². The predicted octanol–water partition coefficient (Wildman–Crippen LogP) is 2.84. The van der Waals surface area contributed by atoms with Crippen molar-refractivity contribution in [2.75, 3.05) is 7.11 Å². The van der Waals surface area contributed by atoms with Gasteiger partial charge in [-0.2, -0.15) is 5.10 Å². The second-order valence-electron chi connectivity index (χ2n) is 5.09.